The van der Waals surface area contributed by atoms with Crippen LogP contribution in [0.3, 0.4) is 0 Å². The number of hydrogen-bond donors (Lipinski definition) is 1. The Hall–Kier alpha value is -0.770. The fourth-order valence-corrected chi connectivity index (χ4v) is 1.92. The summed E-state index contributed by atoms with van der Waals surface area (Å²) in [6, 6.07) is 0.194. The third kappa shape index (κ3) is 4.19. The van der Waals surface area contributed by atoms with Gasteiger partial charge >= 0.3 is 6.09 Å². The maximum atomic E-state index is 11.9. The van der Waals surface area contributed by atoms with E-state index >= 15 is 0 Å². The predicted octanol–water partition coefficient (Wildman–Crippen LogP) is 2.38. The van der Waals surface area contributed by atoms with Crippen LogP contribution < -0.4 is 5.32 Å². The van der Waals surface area contributed by atoms with E-state index in [0.29, 0.717) is 0 Å². The Bertz CT molecular complexity index is 280. The van der Waals surface area contributed by atoms with Gasteiger partial charge in [-0.15, -0.1) is 0 Å². The topological polar surface area (TPSA) is 41.6 Å². The minimum absolute atomic E-state index is 0.194. The van der Waals surface area contributed by atoms with Gasteiger partial charge in [0.15, 0.2) is 0 Å². The fourth-order valence-electron chi connectivity index (χ4n) is 1.92. The molecule has 0 spiro atoms. The van der Waals surface area contributed by atoms with Crippen LogP contribution in [0.5, 0.6) is 0 Å². The molecule has 1 rings (SSSR count). The van der Waals surface area contributed by atoms with E-state index in [4.69, 9.17) is 4.74 Å². The van der Waals surface area contributed by atoms with Crippen molar-refractivity contribution in [2.75, 3.05) is 14.1 Å². The first-order valence-corrected chi connectivity index (χ1v) is 6.34. The first-order chi connectivity index (χ1) is 7.69. The average Bonchev–Trinajstić information content (AvgIpc) is 2.94. The second-order valence-electron chi connectivity index (χ2n) is 6.17. The Balaban J connectivity index is 2.46. The highest BCUT2D eigenvalue weighted by Crippen LogP contribution is 2.39. The van der Waals surface area contributed by atoms with Crippen LogP contribution in [0.4, 0.5) is 4.79 Å². The number of carbonyl (C=O) groups excluding carboxylic acids is 1. The average molecular weight is 242 g/mol. The molecule has 0 radical (unpaired) electrons. The van der Waals surface area contributed by atoms with Crippen LogP contribution in [-0.4, -0.2) is 42.3 Å². The van der Waals surface area contributed by atoms with Gasteiger partial charge in [0.05, 0.1) is 0 Å². The van der Waals surface area contributed by atoms with Crippen LogP contribution in [-0.2, 0) is 4.74 Å². The van der Waals surface area contributed by atoms with Gasteiger partial charge < -0.3 is 15.0 Å². The van der Waals surface area contributed by atoms with Crippen molar-refractivity contribution in [1.29, 1.82) is 0 Å². The van der Waals surface area contributed by atoms with Crippen molar-refractivity contribution in [2.45, 2.75) is 64.1 Å². The zero-order chi connectivity index (χ0) is 13.3. The van der Waals surface area contributed by atoms with Gasteiger partial charge in [-0.3, -0.25) is 0 Å². The molecule has 1 aliphatic rings. The highest BCUT2D eigenvalue weighted by molar-refractivity contribution is 5.68. The smallest absolute Gasteiger partial charge is 0.410 e. The molecule has 1 atom stereocenters. The zero-order valence-corrected chi connectivity index (χ0v) is 12.0. The molecule has 0 aliphatic heterocycles. The zero-order valence-electron chi connectivity index (χ0n) is 12.0. The van der Waals surface area contributed by atoms with Crippen molar-refractivity contribution >= 4 is 6.09 Å². The van der Waals surface area contributed by atoms with E-state index in [9.17, 15) is 4.79 Å². The summed E-state index contributed by atoms with van der Waals surface area (Å²) in [5, 5.41) is 3.35. The second kappa shape index (κ2) is 4.84. The summed E-state index contributed by atoms with van der Waals surface area (Å²) in [5.41, 5.74) is -0.166. The summed E-state index contributed by atoms with van der Waals surface area (Å²) in [6.45, 7) is 7.74. The van der Waals surface area contributed by atoms with Crippen molar-refractivity contribution < 1.29 is 9.53 Å². The van der Waals surface area contributed by atoms with Crippen molar-refractivity contribution in [2.24, 2.45) is 0 Å². The molecule has 1 fully saturated rings. The Morgan fingerprint density at radius 3 is 2.35 bits per heavy atom. The molecule has 0 heterocycles. The van der Waals surface area contributed by atoms with Gasteiger partial charge in [-0.05, 0) is 54.0 Å². The normalized spacial score (nSPS) is 19.6. The third-order valence-corrected chi connectivity index (χ3v) is 3.41. The monoisotopic (exact) mass is 242 g/mol. The SMILES string of the molecule is CNC1(CC(C)N(C)C(=O)OC(C)(C)C)CC1. The third-order valence-electron chi connectivity index (χ3n) is 3.41. The van der Waals surface area contributed by atoms with E-state index in [2.05, 4.69) is 12.2 Å². The van der Waals surface area contributed by atoms with Crippen LogP contribution in [0.2, 0.25) is 0 Å². The molecule has 1 saturated carbocycles. The van der Waals surface area contributed by atoms with Gasteiger partial charge in [-0.2, -0.15) is 0 Å². The Morgan fingerprint density at radius 2 is 2.00 bits per heavy atom. The van der Waals surface area contributed by atoms with Crippen molar-refractivity contribution in [1.82, 2.24) is 10.2 Å². The Labute approximate surface area is 105 Å². The summed E-state index contributed by atoms with van der Waals surface area (Å²) >= 11 is 0. The van der Waals surface area contributed by atoms with Crippen molar-refractivity contribution in [3.05, 3.63) is 0 Å². The molecule has 4 heteroatoms. The fraction of sp³-hybridized carbons (Fsp3) is 0.923. The van der Waals surface area contributed by atoms with E-state index in [1.807, 2.05) is 34.9 Å². The second-order valence-corrected chi connectivity index (χ2v) is 6.17. The Morgan fingerprint density at radius 1 is 1.47 bits per heavy atom. The minimum atomic E-state index is -0.425. The van der Waals surface area contributed by atoms with Gasteiger partial charge in [-0.25, -0.2) is 4.79 Å². The molecule has 1 aliphatic carbocycles. The molecule has 0 aromatic carbocycles. The van der Waals surface area contributed by atoms with Crippen molar-refractivity contribution in [3.63, 3.8) is 0 Å². The molecule has 17 heavy (non-hydrogen) atoms. The van der Waals surface area contributed by atoms with E-state index in [1.165, 1.54) is 12.8 Å². The lowest BCUT2D eigenvalue weighted by molar-refractivity contribution is 0.0220. The van der Waals surface area contributed by atoms with E-state index in [-0.39, 0.29) is 17.7 Å². The molecule has 0 bridgehead atoms. The highest BCUT2D eigenvalue weighted by Gasteiger charge is 2.43. The molecule has 1 amide bonds. The number of ether oxygens (including phenoxy) is 1. The minimum Gasteiger partial charge on any atom is -0.444 e. The summed E-state index contributed by atoms with van der Waals surface area (Å²) in [4.78, 5) is 13.6. The van der Waals surface area contributed by atoms with E-state index in [0.717, 1.165) is 6.42 Å². The molecule has 0 aromatic rings. The number of hydrogen-bond acceptors (Lipinski definition) is 3. The lowest BCUT2D eigenvalue weighted by Crippen LogP contribution is -2.43. The number of rotatable bonds is 4. The van der Waals surface area contributed by atoms with Gasteiger partial charge in [0.1, 0.15) is 5.60 Å². The van der Waals surface area contributed by atoms with Crippen LogP contribution in [0, 0.1) is 0 Å². The Kier molecular flexibility index (Phi) is 4.07. The summed E-state index contributed by atoms with van der Waals surface area (Å²) in [6.07, 6.45) is 3.16. The standard InChI is InChI=1S/C13H26N2O2/c1-10(9-13(14-5)7-8-13)15(6)11(16)17-12(2,3)4/h10,14H,7-9H2,1-6H3. The van der Waals surface area contributed by atoms with Crippen LogP contribution in [0.25, 0.3) is 0 Å². The van der Waals surface area contributed by atoms with E-state index < -0.39 is 5.60 Å². The predicted molar refractivity (Wildman–Crippen MR) is 69.1 cm³/mol. The van der Waals surface area contributed by atoms with Gasteiger partial charge in [0.2, 0.25) is 0 Å². The number of nitrogens with zero attached hydrogens (tertiary/aromatic N) is 1. The van der Waals surface area contributed by atoms with Crippen LogP contribution >= 0.6 is 0 Å². The maximum absolute atomic E-state index is 11.9. The quantitative estimate of drug-likeness (QED) is 0.823. The lowest BCUT2D eigenvalue weighted by atomic mass is 10.1. The molecule has 1 N–H and O–H groups in total. The van der Waals surface area contributed by atoms with Gasteiger partial charge in [0.25, 0.3) is 0 Å². The van der Waals surface area contributed by atoms with Crippen molar-refractivity contribution in [3.8, 4) is 0 Å². The first-order valence-electron chi connectivity index (χ1n) is 6.34. The summed E-state index contributed by atoms with van der Waals surface area (Å²) in [7, 11) is 3.80. The molecule has 4 nitrogen and oxygen atoms in total. The maximum Gasteiger partial charge on any atom is 0.410 e. The highest BCUT2D eigenvalue weighted by atomic mass is 16.6. The number of carbonyl (C=O) groups is 1. The molecule has 0 saturated heterocycles. The molecular weight excluding hydrogens is 216 g/mol. The summed E-state index contributed by atoms with van der Waals surface area (Å²) in [5.74, 6) is 0. The van der Waals surface area contributed by atoms with Crippen LogP contribution in [0.1, 0.15) is 47.0 Å². The van der Waals surface area contributed by atoms with Gasteiger partial charge in [-0.1, -0.05) is 0 Å². The number of nitrogens with one attached hydrogen (secondary N) is 1. The molecule has 100 valence electrons. The van der Waals surface area contributed by atoms with Crippen LogP contribution in [0.15, 0.2) is 0 Å². The summed E-state index contributed by atoms with van der Waals surface area (Å²) < 4.78 is 5.36. The van der Waals surface area contributed by atoms with Gasteiger partial charge in [0, 0.05) is 18.6 Å². The molecule has 0 aromatic heterocycles. The van der Waals surface area contributed by atoms with E-state index in [1.54, 1.807) is 4.90 Å². The first kappa shape index (κ1) is 14.3. The molecule has 1 unspecified atom stereocenters. The number of amides is 1. The lowest BCUT2D eigenvalue weighted by Gasteiger charge is -2.30. The largest absolute Gasteiger partial charge is 0.444 e. The molecular formula is C13H26N2O2.